The maximum Gasteiger partial charge on any atom is 0.327 e. The highest BCUT2D eigenvalue weighted by molar-refractivity contribution is 7.99. The molecule has 0 saturated heterocycles. The average Bonchev–Trinajstić information content (AvgIpc) is 2.28. The molecule has 0 aliphatic carbocycles. The molecule has 1 rings (SSSR count). The minimum Gasteiger partial charge on any atom is -0.480 e. The standard InChI is InChI=1S/C13H17NO3S/c1-8-4-5-11(6-9(8)2)18-7-12(13(16)17)14-10(3)15/h4-6,12H,7H2,1-3H3,(H,14,15)(H,16,17)/t12-/m0/s1. The predicted octanol–water partition coefficient (Wildman–Crippen LogP) is 1.98. The number of thioether (sulfide) groups is 1. The Morgan fingerprint density at radius 2 is 2.00 bits per heavy atom. The fraction of sp³-hybridized carbons (Fsp3) is 0.385. The van der Waals surface area contributed by atoms with E-state index in [9.17, 15) is 9.59 Å². The molecule has 0 radical (unpaired) electrons. The Hall–Kier alpha value is -1.49. The molecule has 0 spiro atoms. The number of nitrogens with one attached hydrogen (secondary N) is 1. The van der Waals surface area contributed by atoms with Crippen LogP contribution in [0.3, 0.4) is 0 Å². The molecule has 0 aromatic heterocycles. The van der Waals surface area contributed by atoms with Gasteiger partial charge in [0.2, 0.25) is 5.91 Å². The summed E-state index contributed by atoms with van der Waals surface area (Å²) in [5.41, 5.74) is 2.38. The van der Waals surface area contributed by atoms with Crippen molar-refractivity contribution >= 4 is 23.6 Å². The first-order chi connectivity index (χ1) is 8.40. The van der Waals surface area contributed by atoms with Crippen molar-refractivity contribution in [2.75, 3.05) is 5.75 Å². The van der Waals surface area contributed by atoms with Gasteiger partial charge in [0.15, 0.2) is 0 Å². The summed E-state index contributed by atoms with van der Waals surface area (Å²) in [4.78, 5) is 22.8. The third-order valence-electron chi connectivity index (χ3n) is 2.57. The second kappa shape index (κ2) is 6.44. The lowest BCUT2D eigenvalue weighted by Crippen LogP contribution is -2.41. The molecule has 98 valence electrons. The Balaban J connectivity index is 2.64. The molecule has 0 unspecified atom stereocenters. The van der Waals surface area contributed by atoms with Gasteiger partial charge in [-0.1, -0.05) is 6.07 Å². The van der Waals surface area contributed by atoms with Crippen LogP contribution in [0.4, 0.5) is 0 Å². The van der Waals surface area contributed by atoms with Crippen LogP contribution < -0.4 is 5.32 Å². The summed E-state index contributed by atoms with van der Waals surface area (Å²) in [6.07, 6.45) is 0. The van der Waals surface area contributed by atoms with E-state index in [0.717, 1.165) is 4.90 Å². The van der Waals surface area contributed by atoms with Crippen LogP contribution in [-0.2, 0) is 9.59 Å². The zero-order chi connectivity index (χ0) is 13.7. The molecular formula is C13H17NO3S. The first-order valence-electron chi connectivity index (χ1n) is 5.60. The molecule has 4 nitrogen and oxygen atoms in total. The second-order valence-electron chi connectivity index (χ2n) is 4.15. The summed E-state index contributed by atoms with van der Waals surface area (Å²) in [6, 6.07) is 5.13. The lowest BCUT2D eigenvalue weighted by molar-refractivity contribution is -0.140. The monoisotopic (exact) mass is 267 g/mol. The van der Waals surface area contributed by atoms with E-state index < -0.39 is 12.0 Å². The van der Waals surface area contributed by atoms with Crippen molar-refractivity contribution in [3.05, 3.63) is 29.3 Å². The number of carboxylic acids is 1. The van der Waals surface area contributed by atoms with Crippen molar-refractivity contribution in [3.8, 4) is 0 Å². The average molecular weight is 267 g/mol. The van der Waals surface area contributed by atoms with Gasteiger partial charge >= 0.3 is 5.97 Å². The van der Waals surface area contributed by atoms with Gasteiger partial charge in [-0.3, -0.25) is 4.79 Å². The molecule has 1 atom stereocenters. The lowest BCUT2D eigenvalue weighted by Gasteiger charge is -2.13. The van der Waals surface area contributed by atoms with Crippen molar-refractivity contribution < 1.29 is 14.7 Å². The van der Waals surface area contributed by atoms with Gasteiger partial charge in [0, 0.05) is 17.6 Å². The van der Waals surface area contributed by atoms with Crippen molar-refractivity contribution in [3.63, 3.8) is 0 Å². The van der Waals surface area contributed by atoms with E-state index in [1.807, 2.05) is 32.0 Å². The summed E-state index contributed by atoms with van der Waals surface area (Å²) < 4.78 is 0. The van der Waals surface area contributed by atoms with Crippen molar-refractivity contribution in [2.45, 2.75) is 31.7 Å². The van der Waals surface area contributed by atoms with Crippen LogP contribution in [0.5, 0.6) is 0 Å². The Morgan fingerprint density at radius 3 is 2.50 bits per heavy atom. The van der Waals surface area contributed by atoms with Gasteiger partial charge in [0.05, 0.1) is 0 Å². The van der Waals surface area contributed by atoms with E-state index >= 15 is 0 Å². The van der Waals surface area contributed by atoms with Gasteiger partial charge in [-0.15, -0.1) is 11.8 Å². The molecule has 0 fully saturated rings. The van der Waals surface area contributed by atoms with Crippen LogP contribution >= 0.6 is 11.8 Å². The first-order valence-corrected chi connectivity index (χ1v) is 6.58. The summed E-state index contributed by atoms with van der Waals surface area (Å²) >= 11 is 1.43. The van der Waals surface area contributed by atoms with Gasteiger partial charge in [-0.05, 0) is 37.1 Å². The highest BCUT2D eigenvalue weighted by Gasteiger charge is 2.18. The largest absolute Gasteiger partial charge is 0.480 e. The van der Waals surface area contributed by atoms with Gasteiger partial charge in [0.1, 0.15) is 6.04 Å². The van der Waals surface area contributed by atoms with Crippen LogP contribution in [0.1, 0.15) is 18.1 Å². The van der Waals surface area contributed by atoms with Gasteiger partial charge in [-0.2, -0.15) is 0 Å². The molecule has 0 aliphatic rings. The van der Waals surface area contributed by atoms with E-state index in [1.54, 1.807) is 0 Å². The zero-order valence-corrected chi connectivity index (χ0v) is 11.5. The number of rotatable bonds is 5. The van der Waals surface area contributed by atoms with Crippen LogP contribution in [0, 0.1) is 13.8 Å². The first kappa shape index (κ1) is 14.6. The minimum atomic E-state index is -1.01. The summed E-state index contributed by atoms with van der Waals surface area (Å²) in [6.45, 7) is 5.36. The number of carbonyl (C=O) groups is 2. The number of amides is 1. The Labute approximate surface area is 111 Å². The Bertz CT molecular complexity index is 460. The van der Waals surface area contributed by atoms with Gasteiger partial charge in [-0.25, -0.2) is 4.79 Å². The number of aryl methyl sites for hydroxylation is 2. The SMILES string of the molecule is CC(=O)N[C@@H](CSc1ccc(C)c(C)c1)C(=O)O. The normalized spacial score (nSPS) is 11.9. The smallest absolute Gasteiger partial charge is 0.327 e. The molecular weight excluding hydrogens is 250 g/mol. The summed E-state index contributed by atoms with van der Waals surface area (Å²) in [5, 5.41) is 11.4. The predicted molar refractivity (Wildman–Crippen MR) is 71.9 cm³/mol. The van der Waals surface area contributed by atoms with Crippen LogP contribution in [0.15, 0.2) is 23.1 Å². The van der Waals surface area contributed by atoms with E-state index in [4.69, 9.17) is 5.11 Å². The van der Waals surface area contributed by atoms with E-state index in [0.29, 0.717) is 5.75 Å². The second-order valence-corrected chi connectivity index (χ2v) is 5.24. The molecule has 1 aromatic rings. The summed E-state index contributed by atoms with van der Waals surface area (Å²) in [7, 11) is 0. The number of aliphatic carboxylic acids is 1. The quantitative estimate of drug-likeness (QED) is 0.801. The topological polar surface area (TPSA) is 66.4 Å². The molecule has 5 heteroatoms. The number of hydrogen-bond acceptors (Lipinski definition) is 3. The molecule has 2 N–H and O–H groups in total. The molecule has 0 saturated carbocycles. The molecule has 1 amide bonds. The third-order valence-corrected chi connectivity index (χ3v) is 3.66. The maximum atomic E-state index is 10.9. The van der Waals surface area contributed by atoms with Crippen molar-refractivity contribution in [2.24, 2.45) is 0 Å². The molecule has 0 heterocycles. The Kier molecular flexibility index (Phi) is 5.22. The lowest BCUT2D eigenvalue weighted by atomic mass is 10.1. The van der Waals surface area contributed by atoms with E-state index in [2.05, 4.69) is 5.32 Å². The number of carbonyl (C=O) groups excluding carboxylic acids is 1. The van der Waals surface area contributed by atoms with Crippen molar-refractivity contribution in [1.29, 1.82) is 0 Å². The number of hydrogen-bond donors (Lipinski definition) is 2. The highest BCUT2D eigenvalue weighted by atomic mass is 32.2. The van der Waals surface area contributed by atoms with Gasteiger partial charge in [0.25, 0.3) is 0 Å². The van der Waals surface area contributed by atoms with E-state index in [-0.39, 0.29) is 5.91 Å². The fourth-order valence-electron chi connectivity index (χ4n) is 1.40. The van der Waals surface area contributed by atoms with Crippen LogP contribution in [0.2, 0.25) is 0 Å². The summed E-state index contributed by atoms with van der Waals surface area (Å²) in [5.74, 6) is -1.03. The zero-order valence-electron chi connectivity index (χ0n) is 10.7. The van der Waals surface area contributed by atoms with Crippen molar-refractivity contribution in [1.82, 2.24) is 5.32 Å². The maximum absolute atomic E-state index is 10.9. The van der Waals surface area contributed by atoms with Crippen LogP contribution in [-0.4, -0.2) is 28.8 Å². The third kappa shape index (κ3) is 4.41. The number of benzene rings is 1. The minimum absolute atomic E-state index is 0.317. The van der Waals surface area contributed by atoms with E-state index in [1.165, 1.54) is 29.8 Å². The molecule has 0 bridgehead atoms. The fourth-order valence-corrected chi connectivity index (χ4v) is 2.41. The number of carboxylic acid groups (broad SMARTS) is 1. The van der Waals surface area contributed by atoms with Gasteiger partial charge < -0.3 is 10.4 Å². The Morgan fingerprint density at radius 1 is 1.33 bits per heavy atom. The highest BCUT2D eigenvalue weighted by Crippen LogP contribution is 2.21. The molecule has 18 heavy (non-hydrogen) atoms. The van der Waals surface area contributed by atoms with Crippen LogP contribution in [0.25, 0.3) is 0 Å². The molecule has 1 aromatic carbocycles. The molecule has 0 aliphatic heterocycles.